The highest BCUT2D eigenvalue weighted by Crippen LogP contribution is 2.19. The second kappa shape index (κ2) is 10.4. The number of likely N-dealkylation sites (tertiary alicyclic amines) is 1. The van der Waals surface area contributed by atoms with E-state index in [1.54, 1.807) is 15.8 Å². The van der Waals surface area contributed by atoms with Crippen LogP contribution in [0.5, 0.6) is 0 Å². The zero-order chi connectivity index (χ0) is 21.5. The number of nitrogens with zero attached hydrogens (tertiary/aromatic N) is 5. The molecule has 1 aliphatic heterocycles. The molecule has 1 aromatic carbocycles. The molecule has 1 saturated heterocycles. The van der Waals surface area contributed by atoms with Crippen LogP contribution >= 0.6 is 0 Å². The van der Waals surface area contributed by atoms with E-state index in [-0.39, 0.29) is 11.8 Å². The molecule has 0 N–H and O–H groups in total. The number of rotatable bonds is 8. The van der Waals surface area contributed by atoms with Crippen molar-refractivity contribution in [3.8, 4) is 0 Å². The van der Waals surface area contributed by atoms with E-state index in [1.807, 2.05) is 55.5 Å². The number of likely N-dealkylation sites (N-methyl/N-ethyl adjacent to an activating group) is 1. The van der Waals surface area contributed by atoms with Crippen molar-refractivity contribution in [2.45, 2.75) is 38.8 Å². The highest BCUT2D eigenvalue weighted by atomic mass is 16.2. The number of hydrogen-bond donors (Lipinski definition) is 0. The van der Waals surface area contributed by atoms with Gasteiger partial charge in [0.25, 0.3) is 5.91 Å². The summed E-state index contributed by atoms with van der Waals surface area (Å²) in [6, 6.07) is 9.80. The van der Waals surface area contributed by atoms with Crippen LogP contribution in [-0.4, -0.2) is 75.6 Å². The molecular formula is C23H33N5O2. The third-order valence-corrected chi connectivity index (χ3v) is 5.74. The predicted octanol–water partition coefficient (Wildman–Crippen LogP) is 2.40. The first-order chi connectivity index (χ1) is 14.5. The van der Waals surface area contributed by atoms with Gasteiger partial charge >= 0.3 is 0 Å². The largest absolute Gasteiger partial charge is 0.340 e. The molecule has 0 bridgehead atoms. The second-order valence-electron chi connectivity index (χ2n) is 8.13. The fourth-order valence-corrected chi connectivity index (χ4v) is 4.09. The first-order valence-corrected chi connectivity index (χ1v) is 10.8. The van der Waals surface area contributed by atoms with Crippen molar-refractivity contribution in [1.82, 2.24) is 24.5 Å². The molecule has 162 valence electrons. The third-order valence-electron chi connectivity index (χ3n) is 5.74. The van der Waals surface area contributed by atoms with Gasteiger partial charge in [-0.25, -0.2) is 0 Å². The van der Waals surface area contributed by atoms with Gasteiger partial charge in [-0.15, -0.1) is 0 Å². The molecule has 0 aliphatic carbocycles. The van der Waals surface area contributed by atoms with Gasteiger partial charge < -0.3 is 9.80 Å². The standard InChI is InChI=1S/C23H33N5O2/c1-4-12-28(18-22(29)25(2)16-19-15-24-26(3)17-19)21-10-13-27(14-11-21)23(30)20-8-6-5-7-9-20/h5-9,15,17,21H,4,10-14,16,18H2,1-3H3. The molecule has 2 amide bonds. The lowest BCUT2D eigenvalue weighted by Crippen LogP contribution is -2.49. The van der Waals surface area contributed by atoms with E-state index < -0.39 is 0 Å². The molecule has 7 nitrogen and oxygen atoms in total. The quantitative estimate of drug-likeness (QED) is 0.669. The van der Waals surface area contributed by atoms with Gasteiger partial charge in [0.05, 0.1) is 12.7 Å². The molecule has 0 unspecified atom stereocenters. The Kier molecular flexibility index (Phi) is 7.63. The lowest BCUT2D eigenvalue weighted by atomic mass is 10.0. The summed E-state index contributed by atoms with van der Waals surface area (Å²) in [6.07, 6.45) is 6.54. The van der Waals surface area contributed by atoms with Crippen LogP contribution in [0.3, 0.4) is 0 Å². The lowest BCUT2D eigenvalue weighted by molar-refractivity contribution is -0.132. The minimum Gasteiger partial charge on any atom is -0.340 e. The van der Waals surface area contributed by atoms with E-state index in [2.05, 4.69) is 16.9 Å². The molecule has 0 atom stereocenters. The number of carbonyl (C=O) groups excluding carboxylic acids is 2. The number of aryl methyl sites for hydroxylation is 1. The minimum atomic E-state index is 0.100. The molecule has 2 aromatic rings. The fourth-order valence-electron chi connectivity index (χ4n) is 4.09. The number of carbonyl (C=O) groups is 2. The molecule has 30 heavy (non-hydrogen) atoms. The Hall–Kier alpha value is -2.67. The zero-order valence-corrected chi connectivity index (χ0v) is 18.3. The normalized spacial score (nSPS) is 14.9. The summed E-state index contributed by atoms with van der Waals surface area (Å²) in [5.74, 6) is 0.221. The molecule has 0 radical (unpaired) electrons. The molecule has 1 aromatic heterocycles. The van der Waals surface area contributed by atoms with Crippen molar-refractivity contribution in [2.24, 2.45) is 7.05 Å². The van der Waals surface area contributed by atoms with Gasteiger partial charge in [0.1, 0.15) is 0 Å². The summed E-state index contributed by atoms with van der Waals surface area (Å²) in [7, 11) is 3.73. The Bertz CT molecular complexity index is 827. The van der Waals surface area contributed by atoms with Gasteiger partial charge in [-0.05, 0) is 37.9 Å². The van der Waals surface area contributed by atoms with Crippen LogP contribution in [0.2, 0.25) is 0 Å². The molecule has 0 spiro atoms. The average molecular weight is 412 g/mol. The minimum absolute atomic E-state index is 0.100. The van der Waals surface area contributed by atoms with Gasteiger partial charge in [0, 0.05) is 57.1 Å². The summed E-state index contributed by atoms with van der Waals surface area (Å²) >= 11 is 0. The summed E-state index contributed by atoms with van der Waals surface area (Å²) in [6.45, 7) is 5.49. The monoisotopic (exact) mass is 411 g/mol. The molecule has 3 rings (SSSR count). The van der Waals surface area contributed by atoms with Crippen LogP contribution in [-0.2, 0) is 18.4 Å². The molecule has 1 fully saturated rings. The fraction of sp³-hybridized carbons (Fsp3) is 0.522. The van der Waals surface area contributed by atoms with Gasteiger partial charge in [0.15, 0.2) is 0 Å². The maximum atomic E-state index is 12.8. The van der Waals surface area contributed by atoms with Crippen molar-refractivity contribution in [2.75, 3.05) is 33.2 Å². The molecule has 0 saturated carbocycles. The summed E-state index contributed by atoms with van der Waals surface area (Å²) in [4.78, 5) is 31.5. The van der Waals surface area contributed by atoms with E-state index in [1.165, 1.54) is 0 Å². The molecular weight excluding hydrogens is 378 g/mol. The van der Waals surface area contributed by atoms with Crippen molar-refractivity contribution in [3.05, 3.63) is 53.9 Å². The van der Waals surface area contributed by atoms with Crippen LogP contribution in [0.15, 0.2) is 42.7 Å². The first-order valence-electron chi connectivity index (χ1n) is 10.8. The van der Waals surface area contributed by atoms with Crippen LogP contribution in [0.25, 0.3) is 0 Å². The highest BCUT2D eigenvalue weighted by molar-refractivity contribution is 5.94. The maximum absolute atomic E-state index is 12.8. The smallest absolute Gasteiger partial charge is 0.253 e. The van der Waals surface area contributed by atoms with Crippen molar-refractivity contribution in [3.63, 3.8) is 0 Å². The molecule has 7 heteroatoms. The van der Waals surface area contributed by atoms with Gasteiger partial charge in [-0.2, -0.15) is 5.10 Å². The summed E-state index contributed by atoms with van der Waals surface area (Å²) < 4.78 is 1.75. The number of amides is 2. The van der Waals surface area contributed by atoms with Crippen LogP contribution in [0.1, 0.15) is 42.1 Å². The zero-order valence-electron chi connectivity index (χ0n) is 18.3. The summed E-state index contributed by atoms with van der Waals surface area (Å²) in [5, 5.41) is 4.17. The van der Waals surface area contributed by atoms with Gasteiger partial charge in [-0.1, -0.05) is 25.1 Å². The summed E-state index contributed by atoms with van der Waals surface area (Å²) in [5.41, 5.74) is 1.77. The van der Waals surface area contributed by atoms with E-state index in [0.717, 1.165) is 50.0 Å². The Morgan fingerprint density at radius 2 is 1.87 bits per heavy atom. The van der Waals surface area contributed by atoms with Crippen molar-refractivity contribution >= 4 is 11.8 Å². The van der Waals surface area contributed by atoms with E-state index in [9.17, 15) is 9.59 Å². The Labute approximate surface area is 179 Å². The number of benzene rings is 1. The second-order valence-corrected chi connectivity index (χ2v) is 8.13. The van der Waals surface area contributed by atoms with E-state index in [0.29, 0.717) is 19.1 Å². The highest BCUT2D eigenvalue weighted by Gasteiger charge is 2.28. The van der Waals surface area contributed by atoms with E-state index >= 15 is 0 Å². The van der Waals surface area contributed by atoms with Crippen LogP contribution < -0.4 is 0 Å². The molecule has 1 aliphatic rings. The number of hydrogen-bond acceptors (Lipinski definition) is 4. The van der Waals surface area contributed by atoms with Crippen molar-refractivity contribution < 1.29 is 9.59 Å². The first kappa shape index (κ1) is 22.0. The Morgan fingerprint density at radius 3 is 2.47 bits per heavy atom. The topological polar surface area (TPSA) is 61.7 Å². The molecule has 2 heterocycles. The SMILES string of the molecule is CCCN(CC(=O)N(C)Cc1cnn(C)c1)C1CCN(C(=O)c2ccccc2)CC1. The van der Waals surface area contributed by atoms with E-state index in [4.69, 9.17) is 0 Å². The Morgan fingerprint density at radius 1 is 1.17 bits per heavy atom. The van der Waals surface area contributed by atoms with Gasteiger partial charge in [-0.3, -0.25) is 19.2 Å². The number of piperidine rings is 1. The van der Waals surface area contributed by atoms with Crippen LogP contribution in [0.4, 0.5) is 0 Å². The average Bonchev–Trinajstić information content (AvgIpc) is 3.18. The lowest BCUT2D eigenvalue weighted by Gasteiger charge is -2.38. The maximum Gasteiger partial charge on any atom is 0.253 e. The predicted molar refractivity (Wildman–Crippen MR) is 117 cm³/mol. The van der Waals surface area contributed by atoms with Gasteiger partial charge in [0.2, 0.25) is 5.91 Å². The van der Waals surface area contributed by atoms with Crippen molar-refractivity contribution in [1.29, 1.82) is 0 Å². The number of aromatic nitrogens is 2. The third kappa shape index (κ3) is 5.69. The Balaban J connectivity index is 1.53. The van der Waals surface area contributed by atoms with Crippen LogP contribution in [0, 0.1) is 0 Å².